The number of ether oxygens (including phenoxy) is 1. The van der Waals surface area contributed by atoms with Crippen molar-refractivity contribution in [2.24, 2.45) is 0 Å². The first kappa shape index (κ1) is 25.0. The van der Waals surface area contributed by atoms with E-state index in [1.807, 2.05) is 86.6 Å². The molecule has 4 aromatic rings. The minimum absolute atomic E-state index is 0.178. The summed E-state index contributed by atoms with van der Waals surface area (Å²) in [6, 6.07) is 27.1. The highest BCUT2D eigenvalue weighted by atomic mass is 32.2. The van der Waals surface area contributed by atoms with Crippen LogP contribution in [0.4, 0.5) is 5.82 Å². The van der Waals surface area contributed by atoms with Gasteiger partial charge in [0.1, 0.15) is 22.7 Å². The lowest BCUT2D eigenvalue weighted by molar-refractivity contribution is -0.115. The molecular weight excluding hydrogens is 468 g/mol. The molecule has 0 aliphatic rings. The van der Waals surface area contributed by atoms with E-state index in [1.165, 1.54) is 11.8 Å². The predicted molar refractivity (Wildman–Crippen MR) is 144 cm³/mol. The molecule has 0 bridgehead atoms. The van der Waals surface area contributed by atoms with E-state index < -0.39 is 5.25 Å². The number of methoxy groups -OCH3 is 1. The average molecular weight is 495 g/mol. The van der Waals surface area contributed by atoms with Crippen LogP contribution in [0.25, 0.3) is 22.4 Å². The molecule has 2 aromatic carbocycles. The number of nitrogens with zero attached hydrogens (tertiary/aromatic N) is 3. The molecule has 180 valence electrons. The number of nitrogens with one attached hydrogen (secondary N) is 1. The molecule has 1 amide bonds. The molecule has 6 nitrogen and oxygen atoms in total. The summed E-state index contributed by atoms with van der Waals surface area (Å²) in [6.07, 6.45) is 0.558. The summed E-state index contributed by atoms with van der Waals surface area (Å²) in [5.41, 5.74) is 4.55. The molecule has 0 spiro atoms. The lowest BCUT2D eigenvalue weighted by Crippen LogP contribution is -2.25. The van der Waals surface area contributed by atoms with Crippen LogP contribution in [0.5, 0.6) is 5.75 Å². The van der Waals surface area contributed by atoms with Crippen molar-refractivity contribution in [3.8, 4) is 34.2 Å². The molecule has 0 radical (unpaired) electrons. The van der Waals surface area contributed by atoms with E-state index in [0.717, 1.165) is 33.8 Å². The van der Waals surface area contributed by atoms with Crippen molar-refractivity contribution in [1.29, 1.82) is 5.26 Å². The van der Waals surface area contributed by atoms with Crippen molar-refractivity contribution >= 4 is 23.5 Å². The largest absolute Gasteiger partial charge is 0.497 e. The van der Waals surface area contributed by atoms with Gasteiger partial charge in [0.25, 0.3) is 0 Å². The Bertz CT molecular complexity index is 1400. The van der Waals surface area contributed by atoms with Crippen molar-refractivity contribution in [1.82, 2.24) is 9.97 Å². The second-order valence-electron chi connectivity index (χ2n) is 8.11. The Hall–Kier alpha value is -4.15. The van der Waals surface area contributed by atoms with Crippen LogP contribution >= 0.6 is 11.8 Å². The maximum absolute atomic E-state index is 13.1. The fourth-order valence-electron chi connectivity index (χ4n) is 3.75. The van der Waals surface area contributed by atoms with Crippen LogP contribution in [0, 0.1) is 18.3 Å². The molecule has 4 rings (SSSR count). The van der Waals surface area contributed by atoms with Gasteiger partial charge in [-0.1, -0.05) is 67.2 Å². The zero-order chi connectivity index (χ0) is 25.5. The van der Waals surface area contributed by atoms with Crippen LogP contribution in [0.3, 0.4) is 0 Å². The molecule has 0 aliphatic carbocycles. The van der Waals surface area contributed by atoms with Crippen LogP contribution in [-0.2, 0) is 4.79 Å². The number of pyridine rings is 2. The van der Waals surface area contributed by atoms with Gasteiger partial charge in [-0.3, -0.25) is 4.79 Å². The highest BCUT2D eigenvalue weighted by molar-refractivity contribution is 8.00. The maximum Gasteiger partial charge on any atom is 0.239 e. The van der Waals surface area contributed by atoms with Crippen LogP contribution in [0.15, 0.2) is 83.9 Å². The van der Waals surface area contributed by atoms with Gasteiger partial charge in [-0.25, -0.2) is 9.97 Å². The highest BCUT2D eigenvalue weighted by Gasteiger charge is 2.24. The number of thioether (sulfide) groups is 1. The second kappa shape index (κ2) is 11.5. The topological polar surface area (TPSA) is 87.9 Å². The minimum atomic E-state index is -0.457. The molecule has 2 heterocycles. The van der Waals surface area contributed by atoms with Gasteiger partial charge in [0.15, 0.2) is 0 Å². The number of hydrogen-bond donors (Lipinski definition) is 1. The van der Waals surface area contributed by atoms with Crippen LogP contribution in [0.2, 0.25) is 0 Å². The molecular formula is C29H26N4O2S. The number of hydrogen-bond acceptors (Lipinski definition) is 6. The smallest absolute Gasteiger partial charge is 0.239 e. The van der Waals surface area contributed by atoms with Crippen LogP contribution in [-0.4, -0.2) is 28.2 Å². The molecule has 0 saturated carbocycles. The van der Waals surface area contributed by atoms with Gasteiger partial charge < -0.3 is 10.1 Å². The summed E-state index contributed by atoms with van der Waals surface area (Å²) in [6.45, 7) is 3.82. The number of rotatable bonds is 8. The van der Waals surface area contributed by atoms with E-state index >= 15 is 0 Å². The number of carbonyl (C=O) groups is 1. The lowest BCUT2D eigenvalue weighted by Gasteiger charge is -2.17. The Labute approximate surface area is 215 Å². The fraction of sp³-hybridized carbons (Fsp3) is 0.172. The highest BCUT2D eigenvalue weighted by Crippen LogP contribution is 2.37. The molecule has 2 aromatic heterocycles. The Kier molecular flexibility index (Phi) is 7.99. The summed E-state index contributed by atoms with van der Waals surface area (Å²) >= 11 is 1.30. The Morgan fingerprint density at radius 3 is 2.42 bits per heavy atom. The summed E-state index contributed by atoms with van der Waals surface area (Å²) < 4.78 is 5.30. The van der Waals surface area contributed by atoms with E-state index in [2.05, 4.69) is 16.4 Å². The van der Waals surface area contributed by atoms with Gasteiger partial charge in [-0.05, 0) is 49.2 Å². The molecule has 1 N–H and O–H groups in total. The number of anilines is 1. The van der Waals surface area contributed by atoms with Gasteiger partial charge >= 0.3 is 0 Å². The number of amides is 1. The van der Waals surface area contributed by atoms with Crippen LogP contribution < -0.4 is 10.1 Å². The summed E-state index contributed by atoms with van der Waals surface area (Å²) in [4.78, 5) is 22.4. The van der Waals surface area contributed by atoms with E-state index in [9.17, 15) is 10.1 Å². The molecule has 0 saturated heterocycles. The monoisotopic (exact) mass is 494 g/mol. The summed E-state index contributed by atoms with van der Waals surface area (Å²) in [7, 11) is 1.62. The Balaban J connectivity index is 1.75. The molecule has 36 heavy (non-hydrogen) atoms. The lowest BCUT2D eigenvalue weighted by atomic mass is 9.99. The Morgan fingerprint density at radius 2 is 1.78 bits per heavy atom. The van der Waals surface area contributed by atoms with Gasteiger partial charge in [-0.2, -0.15) is 5.26 Å². The number of nitriles is 1. The third-order valence-electron chi connectivity index (χ3n) is 5.63. The number of carbonyl (C=O) groups excluding carboxylic acids is 1. The van der Waals surface area contributed by atoms with E-state index in [0.29, 0.717) is 22.8 Å². The predicted octanol–water partition coefficient (Wildman–Crippen LogP) is 6.51. The fourth-order valence-corrected chi connectivity index (χ4v) is 4.77. The zero-order valence-electron chi connectivity index (χ0n) is 20.4. The first-order chi connectivity index (χ1) is 17.5. The second-order valence-corrected chi connectivity index (χ2v) is 9.30. The Morgan fingerprint density at radius 1 is 1.03 bits per heavy atom. The van der Waals surface area contributed by atoms with Gasteiger partial charge in [-0.15, -0.1) is 0 Å². The van der Waals surface area contributed by atoms with Crippen molar-refractivity contribution in [3.05, 3.63) is 90.1 Å². The first-order valence-electron chi connectivity index (χ1n) is 11.6. The quantitative estimate of drug-likeness (QED) is 0.281. The minimum Gasteiger partial charge on any atom is -0.497 e. The third-order valence-corrected chi connectivity index (χ3v) is 6.98. The van der Waals surface area contributed by atoms with Crippen molar-refractivity contribution < 1.29 is 9.53 Å². The van der Waals surface area contributed by atoms with Gasteiger partial charge in [0, 0.05) is 16.8 Å². The summed E-state index contributed by atoms with van der Waals surface area (Å²) in [5.74, 6) is 1.06. The SMILES string of the molecule is CCC(Sc1nc(-c2ccccc2)cc(-c2ccc(OC)cc2)c1C#N)C(=O)Nc1cccc(C)n1. The normalized spacial score (nSPS) is 11.4. The van der Waals surface area contributed by atoms with E-state index in [4.69, 9.17) is 9.72 Å². The zero-order valence-corrected chi connectivity index (χ0v) is 21.2. The molecule has 0 aliphatic heterocycles. The number of aromatic nitrogens is 2. The molecule has 7 heteroatoms. The van der Waals surface area contributed by atoms with Crippen molar-refractivity contribution in [2.75, 3.05) is 12.4 Å². The average Bonchev–Trinajstić information content (AvgIpc) is 2.91. The third kappa shape index (κ3) is 5.73. The molecule has 0 fully saturated rings. The first-order valence-corrected chi connectivity index (χ1v) is 12.5. The van der Waals surface area contributed by atoms with Crippen molar-refractivity contribution in [3.63, 3.8) is 0 Å². The van der Waals surface area contributed by atoms with Gasteiger partial charge in [0.05, 0.1) is 23.6 Å². The number of benzene rings is 2. The van der Waals surface area contributed by atoms with E-state index in [-0.39, 0.29) is 5.91 Å². The van der Waals surface area contributed by atoms with Crippen molar-refractivity contribution in [2.45, 2.75) is 30.5 Å². The van der Waals surface area contributed by atoms with Crippen LogP contribution in [0.1, 0.15) is 24.6 Å². The maximum atomic E-state index is 13.1. The number of aryl methyl sites for hydroxylation is 1. The molecule has 1 unspecified atom stereocenters. The summed E-state index contributed by atoms with van der Waals surface area (Å²) in [5, 5.41) is 13.1. The standard InChI is InChI=1S/C29H26N4O2S/c1-4-26(28(34)33-27-12-8-9-19(2)31-27)36-29-24(18-30)23(20-13-15-22(35-3)16-14-20)17-25(32-29)21-10-6-5-7-11-21/h5-17,26H,4H2,1-3H3,(H,31,33,34). The van der Waals surface area contributed by atoms with Gasteiger partial charge in [0.2, 0.25) is 5.91 Å². The van der Waals surface area contributed by atoms with E-state index in [1.54, 1.807) is 13.2 Å². The molecule has 1 atom stereocenters.